The monoisotopic (exact) mass is 314 g/mol. The summed E-state index contributed by atoms with van der Waals surface area (Å²) >= 11 is 0. The van der Waals surface area contributed by atoms with Gasteiger partial charge in [-0.2, -0.15) is 0 Å². The summed E-state index contributed by atoms with van der Waals surface area (Å²) in [5, 5.41) is 2.13. The van der Waals surface area contributed by atoms with Crippen molar-refractivity contribution in [3.63, 3.8) is 0 Å². The number of amides is 1. The number of Topliss-reactive ketones (excluding diaryl/α,β-unsaturated/α-hetero) is 1. The van der Waals surface area contributed by atoms with Crippen LogP contribution in [0.1, 0.15) is 30.1 Å². The van der Waals surface area contributed by atoms with Crippen LogP contribution in [0.2, 0.25) is 0 Å². The van der Waals surface area contributed by atoms with Gasteiger partial charge in [-0.05, 0) is 25.5 Å². The highest BCUT2D eigenvalue weighted by Gasteiger charge is 2.26. The third kappa shape index (κ3) is 6.62. The number of ether oxygens (including phenoxy) is 1. The molecule has 0 aliphatic heterocycles. The van der Waals surface area contributed by atoms with Crippen molar-refractivity contribution in [2.75, 3.05) is 19.7 Å². The second-order valence-corrected chi connectivity index (χ2v) is 4.87. The number of carbonyl (C=O) groups is 2. The van der Waals surface area contributed by atoms with Crippen LogP contribution >= 0.6 is 0 Å². The Morgan fingerprint density at radius 1 is 1.36 bits per heavy atom. The van der Waals surface area contributed by atoms with Crippen LogP contribution in [-0.2, 0) is 4.79 Å². The first kappa shape index (κ1) is 18.0. The van der Waals surface area contributed by atoms with Gasteiger partial charge in [-0.25, -0.2) is 8.78 Å². The quantitative estimate of drug-likeness (QED) is 0.537. The predicted octanol–water partition coefficient (Wildman–Crippen LogP) is 1.76. The van der Waals surface area contributed by atoms with Crippen molar-refractivity contribution >= 4 is 11.7 Å². The molecule has 1 aromatic carbocycles. The fourth-order valence-electron chi connectivity index (χ4n) is 1.62. The molecule has 22 heavy (non-hydrogen) atoms. The molecule has 0 aliphatic rings. The summed E-state index contributed by atoms with van der Waals surface area (Å²) in [6.45, 7) is 0.148. The van der Waals surface area contributed by atoms with Gasteiger partial charge in [0, 0.05) is 12.0 Å². The van der Waals surface area contributed by atoms with Crippen molar-refractivity contribution in [3.8, 4) is 5.75 Å². The number of hydrogen-bond acceptors (Lipinski definition) is 4. The maximum absolute atomic E-state index is 12.8. The SMILES string of the molecule is CC(=O)c1cccc(OCCCC(=O)NCC(F)(F)CN)c1. The molecule has 0 aromatic heterocycles. The van der Waals surface area contributed by atoms with Crippen molar-refractivity contribution < 1.29 is 23.1 Å². The zero-order valence-electron chi connectivity index (χ0n) is 12.4. The minimum Gasteiger partial charge on any atom is -0.494 e. The van der Waals surface area contributed by atoms with Crippen LogP contribution in [0.5, 0.6) is 5.75 Å². The molecular weight excluding hydrogens is 294 g/mol. The van der Waals surface area contributed by atoms with E-state index in [0.29, 0.717) is 17.7 Å². The topological polar surface area (TPSA) is 81.4 Å². The van der Waals surface area contributed by atoms with E-state index < -0.39 is 24.9 Å². The predicted molar refractivity (Wildman–Crippen MR) is 78.2 cm³/mol. The average Bonchev–Trinajstić information content (AvgIpc) is 2.50. The lowest BCUT2D eigenvalue weighted by Crippen LogP contribution is -2.41. The highest BCUT2D eigenvalue weighted by molar-refractivity contribution is 5.94. The third-order valence-electron chi connectivity index (χ3n) is 2.90. The molecule has 0 saturated carbocycles. The van der Waals surface area contributed by atoms with Crippen LogP contribution in [-0.4, -0.2) is 37.3 Å². The molecule has 5 nitrogen and oxygen atoms in total. The molecule has 1 aromatic rings. The van der Waals surface area contributed by atoms with Crippen molar-refractivity contribution in [2.45, 2.75) is 25.7 Å². The highest BCUT2D eigenvalue weighted by Crippen LogP contribution is 2.14. The standard InChI is InChI=1S/C15H20F2N2O3/c1-11(20)12-4-2-5-13(8-12)22-7-3-6-14(21)19-10-15(16,17)9-18/h2,4-5,8H,3,6-7,9-10,18H2,1H3,(H,19,21). The lowest BCUT2D eigenvalue weighted by atomic mass is 10.1. The van der Waals surface area contributed by atoms with Gasteiger partial charge in [-0.1, -0.05) is 12.1 Å². The van der Waals surface area contributed by atoms with Crippen molar-refractivity contribution in [2.24, 2.45) is 5.73 Å². The van der Waals surface area contributed by atoms with E-state index in [-0.39, 0.29) is 18.8 Å². The van der Waals surface area contributed by atoms with Crippen LogP contribution < -0.4 is 15.8 Å². The molecule has 0 spiro atoms. The Labute approximate surface area is 127 Å². The van der Waals surface area contributed by atoms with Crippen molar-refractivity contribution in [3.05, 3.63) is 29.8 Å². The molecule has 0 radical (unpaired) electrons. The van der Waals surface area contributed by atoms with Crippen LogP contribution in [0.25, 0.3) is 0 Å². The number of nitrogens with two attached hydrogens (primary N) is 1. The second-order valence-electron chi connectivity index (χ2n) is 4.87. The molecule has 0 atom stereocenters. The van der Waals surface area contributed by atoms with Crippen LogP contribution in [0, 0.1) is 0 Å². The maximum atomic E-state index is 12.8. The summed E-state index contributed by atoms with van der Waals surface area (Å²) in [5.74, 6) is -3.10. The van der Waals surface area contributed by atoms with E-state index in [0.717, 1.165) is 0 Å². The molecule has 0 unspecified atom stereocenters. The van der Waals surface area contributed by atoms with E-state index in [2.05, 4.69) is 5.32 Å². The lowest BCUT2D eigenvalue weighted by Gasteiger charge is -2.14. The Hall–Kier alpha value is -2.02. The largest absolute Gasteiger partial charge is 0.494 e. The summed E-state index contributed by atoms with van der Waals surface area (Å²) in [4.78, 5) is 22.6. The van der Waals surface area contributed by atoms with Gasteiger partial charge in [0.1, 0.15) is 5.75 Å². The minimum atomic E-state index is -3.08. The Bertz CT molecular complexity index is 521. The summed E-state index contributed by atoms with van der Waals surface area (Å²) in [5.41, 5.74) is 5.41. The Balaban J connectivity index is 2.26. The first-order chi connectivity index (χ1) is 10.3. The van der Waals surface area contributed by atoms with E-state index in [1.165, 1.54) is 6.92 Å². The van der Waals surface area contributed by atoms with Crippen LogP contribution in [0.3, 0.4) is 0 Å². The molecular formula is C15H20F2N2O3. The number of halogens is 2. The maximum Gasteiger partial charge on any atom is 0.277 e. The highest BCUT2D eigenvalue weighted by atomic mass is 19.3. The molecule has 122 valence electrons. The number of ketones is 1. The lowest BCUT2D eigenvalue weighted by molar-refractivity contribution is -0.123. The molecule has 0 heterocycles. The number of nitrogens with one attached hydrogen (secondary N) is 1. The fourth-order valence-corrected chi connectivity index (χ4v) is 1.62. The number of alkyl halides is 2. The van der Waals surface area contributed by atoms with Crippen molar-refractivity contribution in [1.29, 1.82) is 0 Å². The first-order valence-electron chi connectivity index (χ1n) is 6.92. The van der Waals surface area contributed by atoms with Gasteiger partial charge in [-0.3, -0.25) is 9.59 Å². The summed E-state index contributed by atoms with van der Waals surface area (Å²) in [7, 11) is 0. The first-order valence-corrected chi connectivity index (χ1v) is 6.92. The van der Waals surface area contributed by atoms with Gasteiger partial charge in [-0.15, -0.1) is 0 Å². The van der Waals surface area contributed by atoms with Gasteiger partial charge < -0.3 is 15.8 Å². The number of benzene rings is 1. The zero-order chi connectivity index (χ0) is 16.6. The fraction of sp³-hybridized carbons (Fsp3) is 0.467. The summed E-state index contributed by atoms with van der Waals surface area (Å²) in [6.07, 6.45) is 0.456. The molecule has 1 rings (SSSR count). The molecule has 0 saturated heterocycles. The molecule has 0 aliphatic carbocycles. The van der Waals surface area contributed by atoms with Gasteiger partial charge in [0.25, 0.3) is 5.92 Å². The van der Waals surface area contributed by atoms with Gasteiger partial charge in [0.15, 0.2) is 5.78 Å². The molecule has 7 heteroatoms. The van der Waals surface area contributed by atoms with Crippen LogP contribution in [0.4, 0.5) is 8.78 Å². The number of hydrogen-bond donors (Lipinski definition) is 2. The van der Waals surface area contributed by atoms with Gasteiger partial charge in [0.2, 0.25) is 5.91 Å². The Morgan fingerprint density at radius 3 is 2.73 bits per heavy atom. The smallest absolute Gasteiger partial charge is 0.277 e. The Kier molecular flexibility index (Phi) is 6.91. The minimum absolute atomic E-state index is 0.0642. The molecule has 0 fully saturated rings. The zero-order valence-corrected chi connectivity index (χ0v) is 12.4. The van der Waals surface area contributed by atoms with Gasteiger partial charge in [0.05, 0.1) is 19.7 Å². The molecule has 0 bridgehead atoms. The van der Waals surface area contributed by atoms with Crippen molar-refractivity contribution in [1.82, 2.24) is 5.32 Å². The van der Waals surface area contributed by atoms with E-state index in [4.69, 9.17) is 10.5 Å². The van der Waals surface area contributed by atoms with Crippen LogP contribution in [0.15, 0.2) is 24.3 Å². The number of carbonyl (C=O) groups excluding carboxylic acids is 2. The summed E-state index contributed by atoms with van der Waals surface area (Å²) in [6, 6.07) is 6.70. The molecule has 1 amide bonds. The molecule has 3 N–H and O–H groups in total. The third-order valence-corrected chi connectivity index (χ3v) is 2.90. The van der Waals surface area contributed by atoms with E-state index >= 15 is 0 Å². The second kappa shape index (κ2) is 8.43. The van der Waals surface area contributed by atoms with E-state index in [9.17, 15) is 18.4 Å². The van der Waals surface area contributed by atoms with Gasteiger partial charge >= 0.3 is 0 Å². The number of rotatable bonds is 9. The normalized spacial score (nSPS) is 11.1. The average molecular weight is 314 g/mol. The van der Waals surface area contributed by atoms with E-state index in [1.54, 1.807) is 24.3 Å². The Morgan fingerprint density at radius 2 is 2.09 bits per heavy atom. The van der Waals surface area contributed by atoms with E-state index in [1.807, 2.05) is 0 Å². The summed E-state index contributed by atoms with van der Waals surface area (Å²) < 4.78 is 31.1.